The Balaban J connectivity index is 4.16. The molecule has 2 nitrogen and oxygen atoms in total. The van der Waals surface area contributed by atoms with Crippen molar-refractivity contribution >= 4 is 5.97 Å². The molecule has 0 aliphatic rings. The van der Waals surface area contributed by atoms with E-state index in [1.54, 1.807) is 0 Å². The zero-order valence-corrected chi connectivity index (χ0v) is 30.8. The fraction of sp³-hybridized carbons (Fsp3) is 0.929. The molecule has 0 aliphatic heterocycles. The molecule has 0 rings (SSSR count). The van der Waals surface area contributed by atoms with Crippen molar-refractivity contribution in [2.24, 2.45) is 5.41 Å². The molecule has 0 aromatic carbocycles. The molecule has 0 saturated heterocycles. The summed E-state index contributed by atoms with van der Waals surface area (Å²) in [5.74, 6) is -0.497. The molecule has 44 heavy (non-hydrogen) atoms. The van der Waals surface area contributed by atoms with Crippen molar-refractivity contribution in [3.05, 3.63) is 12.2 Å². The molecule has 0 radical (unpaired) electrons. The predicted molar refractivity (Wildman–Crippen MR) is 198 cm³/mol. The second kappa shape index (κ2) is 35.1. The van der Waals surface area contributed by atoms with Gasteiger partial charge in [0.1, 0.15) is 0 Å². The van der Waals surface area contributed by atoms with E-state index >= 15 is 0 Å². The van der Waals surface area contributed by atoms with Crippen LogP contribution >= 0.6 is 0 Å². The van der Waals surface area contributed by atoms with Gasteiger partial charge in [-0.2, -0.15) is 0 Å². The van der Waals surface area contributed by atoms with Crippen LogP contribution in [0.3, 0.4) is 0 Å². The number of aliphatic carboxylic acids is 1. The molecular weight excluding hydrogens is 536 g/mol. The van der Waals surface area contributed by atoms with Crippen LogP contribution in [0.15, 0.2) is 12.2 Å². The number of hydrogen-bond donors (Lipinski definition) is 1. The Kier molecular flexibility index (Phi) is 34.4. The van der Waals surface area contributed by atoms with Gasteiger partial charge in [0.25, 0.3) is 0 Å². The van der Waals surface area contributed by atoms with E-state index in [9.17, 15) is 9.90 Å². The van der Waals surface area contributed by atoms with Gasteiger partial charge in [0.15, 0.2) is 0 Å². The van der Waals surface area contributed by atoms with E-state index in [4.69, 9.17) is 0 Å². The van der Waals surface area contributed by atoms with Gasteiger partial charge >= 0.3 is 5.97 Å². The minimum Gasteiger partial charge on any atom is -0.481 e. The number of hydrogen-bond acceptors (Lipinski definition) is 1. The van der Waals surface area contributed by atoms with Crippen LogP contribution in [0.1, 0.15) is 245 Å². The lowest BCUT2D eigenvalue weighted by atomic mass is 9.74. The van der Waals surface area contributed by atoms with Crippen LogP contribution in [0.4, 0.5) is 0 Å². The van der Waals surface area contributed by atoms with E-state index in [1.165, 1.54) is 186 Å². The van der Waals surface area contributed by atoms with Gasteiger partial charge < -0.3 is 5.11 Å². The van der Waals surface area contributed by atoms with Crippen molar-refractivity contribution in [3.63, 3.8) is 0 Å². The zero-order chi connectivity index (χ0) is 32.2. The maximum atomic E-state index is 12.7. The van der Waals surface area contributed by atoms with E-state index < -0.39 is 11.4 Å². The van der Waals surface area contributed by atoms with Crippen LogP contribution in [-0.2, 0) is 4.79 Å². The first-order valence-electron chi connectivity index (χ1n) is 20.5. The topological polar surface area (TPSA) is 37.3 Å². The molecule has 1 unspecified atom stereocenters. The second-order valence-corrected chi connectivity index (χ2v) is 14.4. The summed E-state index contributed by atoms with van der Waals surface area (Å²) in [6.07, 6.45) is 49.4. The van der Waals surface area contributed by atoms with Crippen LogP contribution in [0.2, 0.25) is 0 Å². The smallest absolute Gasteiger partial charge is 0.309 e. The summed E-state index contributed by atoms with van der Waals surface area (Å²) < 4.78 is 0. The third-order valence-electron chi connectivity index (χ3n) is 10.1. The van der Waals surface area contributed by atoms with Crippen LogP contribution in [0, 0.1) is 5.41 Å². The van der Waals surface area contributed by atoms with E-state index in [-0.39, 0.29) is 0 Å². The Morgan fingerprint density at radius 1 is 0.386 bits per heavy atom. The lowest BCUT2D eigenvalue weighted by molar-refractivity contribution is -0.150. The second-order valence-electron chi connectivity index (χ2n) is 14.4. The van der Waals surface area contributed by atoms with E-state index in [0.29, 0.717) is 0 Å². The van der Waals surface area contributed by atoms with Gasteiger partial charge in [-0.3, -0.25) is 4.79 Å². The Morgan fingerprint density at radius 2 is 0.614 bits per heavy atom. The van der Waals surface area contributed by atoms with Gasteiger partial charge in [-0.15, -0.1) is 0 Å². The highest BCUT2D eigenvalue weighted by atomic mass is 16.4. The molecular formula is C42H82O2. The molecule has 0 amide bonds. The molecule has 0 heterocycles. The lowest BCUT2D eigenvalue weighted by Gasteiger charge is -2.30. The fourth-order valence-corrected chi connectivity index (χ4v) is 6.95. The third kappa shape index (κ3) is 28.7. The highest BCUT2D eigenvalue weighted by Gasteiger charge is 2.36. The molecule has 0 aromatic rings. The average molecular weight is 619 g/mol. The first kappa shape index (κ1) is 43.2. The van der Waals surface area contributed by atoms with Gasteiger partial charge in [0.05, 0.1) is 5.41 Å². The first-order chi connectivity index (χ1) is 21.6. The molecule has 0 bridgehead atoms. The van der Waals surface area contributed by atoms with Crippen molar-refractivity contribution in [1.29, 1.82) is 0 Å². The van der Waals surface area contributed by atoms with Crippen LogP contribution in [-0.4, -0.2) is 11.1 Å². The summed E-state index contributed by atoms with van der Waals surface area (Å²) in [4.78, 5) is 12.7. The van der Waals surface area contributed by atoms with E-state index in [0.717, 1.165) is 38.5 Å². The molecule has 0 aliphatic carbocycles. The average Bonchev–Trinajstić information content (AvgIpc) is 3.02. The maximum Gasteiger partial charge on any atom is 0.309 e. The summed E-state index contributed by atoms with van der Waals surface area (Å²) in [6, 6.07) is 0. The normalized spacial score (nSPS) is 13.2. The molecule has 2 heteroatoms. The Bertz CT molecular complexity index is 597. The van der Waals surface area contributed by atoms with Gasteiger partial charge in [-0.1, -0.05) is 213 Å². The van der Waals surface area contributed by atoms with Gasteiger partial charge in [-0.25, -0.2) is 0 Å². The predicted octanol–water partition coefficient (Wildman–Crippen LogP) is 15.3. The van der Waals surface area contributed by atoms with Crippen LogP contribution in [0.25, 0.3) is 0 Å². The molecule has 0 fully saturated rings. The quantitative estimate of drug-likeness (QED) is 0.0555. The molecule has 262 valence electrons. The zero-order valence-electron chi connectivity index (χ0n) is 30.8. The highest BCUT2D eigenvalue weighted by molar-refractivity contribution is 5.74. The number of carboxylic acid groups (broad SMARTS) is 1. The standard InChI is InChI=1S/C42H82O2/c1-4-7-10-13-16-18-20-21-22-23-24-25-26-27-29-31-34-37-40-42(41(43)44,38-35-32-15-12-9-6-3)39-36-33-30-28-19-17-14-11-8-5-2/h21-22H,4-20,23-40H2,1-3H3,(H,43,44)/b22-21-. The van der Waals surface area contributed by atoms with Gasteiger partial charge in [0.2, 0.25) is 0 Å². The van der Waals surface area contributed by atoms with Crippen molar-refractivity contribution in [2.75, 3.05) is 0 Å². The molecule has 0 aromatic heterocycles. The third-order valence-corrected chi connectivity index (χ3v) is 10.1. The Hall–Kier alpha value is -0.790. The van der Waals surface area contributed by atoms with Crippen molar-refractivity contribution in [3.8, 4) is 0 Å². The molecule has 0 spiro atoms. The number of carbonyl (C=O) groups is 1. The van der Waals surface area contributed by atoms with E-state index in [1.807, 2.05) is 0 Å². The first-order valence-corrected chi connectivity index (χ1v) is 20.5. The minimum atomic E-state index is -0.497. The summed E-state index contributed by atoms with van der Waals surface area (Å²) >= 11 is 0. The summed E-state index contributed by atoms with van der Waals surface area (Å²) in [6.45, 7) is 6.83. The summed E-state index contributed by atoms with van der Waals surface area (Å²) in [5.41, 5.74) is -0.465. The van der Waals surface area contributed by atoms with Crippen molar-refractivity contribution < 1.29 is 9.90 Å². The Labute approximate surface area is 278 Å². The van der Waals surface area contributed by atoms with Gasteiger partial charge in [0, 0.05) is 0 Å². The number of unbranched alkanes of at least 4 members (excludes halogenated alkanes) is 28. The summed E-state index contributed by atoms with van der Waals surface area (Å²) in [7, 11) is 0. The monoisotopic (exact) mass is 619 g/mol. The van der Waals surface area contributed by atoms with Crippen LogP contribution < -0.4 is 0 Å². The van der Waals surface area contributed by atoms with Gasteiger partial charge in [-0.05, 0) is 44.9 Å². The Morgan fingerprint density at radius 3 is 0.864 bits per heavy atom. The largest absolute Gasteiger partial charge is 0.481 e. The SMILES string of the molecule is CCCCCCCC/C=C\CCCCCCCCCCC(CCCCCCCC)(CCCCCCCCCCCC)C(=O)O. The molecule has 0 saturated carbocycles. The molecule has 1 N–H and O–H groups in total. The number of carboxylic acids is 1. The number of rotatable bonds is 37. The van der Waals surface area contributed by atoms with Crippen molar-refractivity contribution in [1.82, 2.24) is 0 Å². The molecule has 1 atom stereocenters. The van der Waals surface area contributed by atoms with E-state index in [2.05, 4.69) is 32.9 Å². The van der Waals surface area contributed by atoms with Crippen LogP contribution in [0.5, 0.6) is 0 Å². The van der Waals surface area contributed by atoms with Crippen molar-refractivity contribution in [2.45, 2.75) is 245 Å². The number of allylic oxidation sites excluding steroid dienone is 2. The summed E-state index contributed by atoms with van der Waals surface area (Å²) in [5, 5.41) is 10.4. The minimum absolute atomic E-state index is 0.465. The fourth-order valence-electron chi connectivity index (χ4n) is 6.95. The lowest BCUT2D eigenvalue weighted by Crippen LogP contribution is -2.31. The highest BCUT2D eigenvalue weighted by Crippen LogP contribution is 2.38. The maximum absolute atomic E-state index is 12.7.